The average Bonchev–Trinajstić information content (AvgIpc) is 2.27. The Morgan fingerprint density at radius 1 is 1.06 bits per heavy atom. The first-order valence-corrected chi connectivity index (χ1v) is 5.72. The Hall–Kier alpha value is -1.98. The summed E-state index contributed by atoms with van der Waals surface area (Å²) in [5.41, 5.74) is 14.5. The summed E-state index contributed by atoms with van der Waals surface area (Å²) < 4.78 is 0. The van der Waals surface area contributed by atoms with E-state index < -0.39 is 0 Å². The number of hydrogen-bond acceptors (Lipinski definition) is 6. The second-order valence-corrected chi connectivity index (χ2v) is 4.60. The van der Waals surface area contributed by atoms with Crippen LogP contribution in [0.2, 0.25) is 0 Å². The largest absolute Gasteiger partial charge is 0.382 e. The molecule has 88 valence electrons. The number of fused-ring (bicyclic) bond motifs is 2. The molecule has 1 aliphatic carbocycles. The quantitative estimate of drug-likeness (QED) is 0.690. The zero-order chi connectivity index (χ0) is 12.0. The number of nitrogen functional groups attached to an aromatic ring is 2. The number of nitrogens with zero attached hydrogens (tertiary/aromatic N) is 4. The molecule has 1 unspecified atom stereocenters. The van der Waals surface area contributed by atoms with Crippen molar-refractivity contribution in [1.29, 1.82) is 0 Å². The van der Waals surface area contributed by atoms with Crippen LogP contribution in [0.15, 0.2) is 0 Å². The highest BCUT2D eigenvalue weighted by atomic mass is 15.1. The van der Waals surface area contributed by atoms with Crippen LogP contribution in [-0.2, 0) is 12.8 Å². The summed E-state index contributed by atoms with van der Waals surface area (Å²) >= 11 is 0. The van der Waals surface area contributed by atoms with Crippen LogP contribution < -0.4 is 11.5 Å². The first kappa shape index (κ1) is 10.2. The van der Waals surface area contributed by atoms with Crippen LogP contribution in [0, 0.1) is 5.92 Å². The predicted molar refractivity (Wildman–Crippen MR) is 65.1 cm³/mol. The van der Waals surface area contributed by atoms with Crippen molar-refractivity contribution in [2.24, 2.45) is 5.92 Å². The fourth-order valence-electron chi connectivity index (χ4n) is 2.23. The Morgan fingerprint density at radius 2 is 1.88 bits per heavy atom. The molecule has 0 spiro atoms. The van der Waals surface area contributed by atoms with E-state index in [4.69, 9.17) is 11.5 Å². The minimum atomic E-state index is 0.147. The van der Waals surface area contributed by atoms with Gasteiger partial charge in [0.2, 0.25) is 5.95 Å². The third kappa shape index (κ3) is 1.65. The predicted octanol–water partition coefficient (Wildman–Crippen LogP) is 0.709. The molecule has 3 rings (SSSR count). The van der Waals surface area contributed by atoms with Crippen molar-refractivity contribution >= 4 is 22.9 Å². The molecule has 0 aliphatic heterocycles. The first-order valence-electron chi connectivity index (χ1n) is 5.72. The summed E-state index contributed by atoms with van der Waals surface area (Å²) in [5.74, 6) is 1.10. The standard InChI is InChI=1S/C11H14N6/c1-5-2-3-6-7(4-5)14-8-9(12)16-11(13)17-10(8)15-6/h5H,2-4H2,1H3,(H4,12,13,15,16,17). The zero-order valence-corrected chi connectivity index (χ0v) is 9.64. The molecule has 6 nitrogen and oxygen atoms in total. The molecule has 17 heavy (non-hydrogen) atoms. The maximum atomic E-state index is 5.79. The van der Waals surface area contributed by atoms with E-state index in [2.05, 4.69) is 26.9 Å². The number of hydrogen-bond donors (Lipinski definition) is 2. The lowest BCUT2D eigenvalue weighted by Crippen LogP contribution is -2.16. The van der Waals surface area contributed by atoms with E-state index in [-0.39, 0.29) is 5.95 Å². The lowest BCUT2D eigenvalue weighted by atomic mass is 9.91. The minimum Gasteiger partial charge on any atom is -0.382 e. The molecule has 2 aromatic rings. The molecular weight excluding hydrogens is 216 g/mol. The van der Waals surface area contributed by atoms with Gasteiger partial charge >= 0.3 is 0 Å². The van der Waals surface area contributed by atoms with Gasteiger partial charge in [0.25, 0.3) is 0 Å². The zero-order valence-electron chi connectivity index (χ0n) is 9.64. The monoisotopic (exact) mass is 230 g/mol. The van der Waals surface area contributed by atoms with Gasteiger partial charge in [-0.25, -0.2) is 9.97 Å². The Balaban J connectivity index is 2.25. The van der Waals surface area contributed by atoms with Crippen LogP contribution in [0.3, 0.4) is 0 Å². The van der Waals surface area contributed by atoms with E-state index in [0.717, 1.165) is 30.7 Å². The molecule has 2 aromatic heterocycles. The molecule has 1 aliphatic rings. The smallest absolute Gasteiger partial charge is 0.224 e. The average molecular weight is 230 g/mol. The van der Waals surface area contributed by atoms with Gasteiger partial charge in [-0.2, -0.15) is 9.97 Å². The highest BCUT2D eigenvalue weighted by Crippen LogP contribution is 2.25. The van der Waals surface area contributed by atoms with Gasteiger partial charge in [-0.15, -0.1) is 0 Å². The number of aryl methyl sites for hydroxylation is 1. The van der Waals surface area contributed by atoms with Crippen molar-refractivity contribution in [2.75, 3.05) is 11.5 Å². The van der Waals surface area contributed by atoms with E-state index in [0.29, 0.717) is 22.9 Å². The Labute approximate surface area is 98.5 Å². The normalized spacial score (nSPS) is 19.2. The summed E-state index contributed by atoms with van der Waals surface area (Å²) in [6.45, 7) is 2.22. The summed E-state index contributed by atoms with van der Waals surface area (Å²) in [5, 5.41) is 0. The Kier molecular flexibility index (Phi) is 2.10. The lowest BCUT2D eigenvalue weighted by Gasteiger charge is -2.19. The van der Waals surface area contributed by atoms with Gasteiger partial charge in [0.15, 0.2) is 17.0 Å². The van der Waals surface area contributed by atoms with Crippen molar-refractivity contribution in [2.45, 2.75) is 26.2 Å². The molecule has 1 atom stereocenters. The van der Waals surface area contributed by atoms with Crippen LogP contribution >= 0.6 is 0 Å². The summed E-state index contributed by atoms with van der Waals surface area (Å²) in [6.07, 6.45) is 3.04. The summed E-state index contributed by atoms with van der Waals surface area (Å²) in [4.78, 5) is 17.0. The molecule has 0 aromatic carbocycles. The van der Waals surface area contributed by atoms with Crippen molar-refractivity contribution < 1.29 is 0 Å². The van der Waals surface area contributed by atoms with Gasteiger partial charge in [0.1, 0.15) is 0 Å². The number of anilines is 2. The van der Waals surface area contributed by atoms with Crippen LogP contribution in [-0.4, -0.2) is 19.9 Å². The van der Waals surface area contributed by atoms with E-state index in [1.165, 1.54) is 0 Å². The second-order valence-electron chi connectivity index (χ2n) is 4.60. The van der Waals surface area contributed by atoms with Crippen LogP contribution in [0.25, 0.3) is 11.2 Å². The maximum absolute atomic E-state index is 5.79. The van der Waals surface area contributed by atoms with Gasteiger partial charge in [-0.3, -0.25) is 0 Å². The van der Waals surface area contributed by atoms with E-state index in [9.17, 15) is 0 Å². The van der Waals surface area contributed by atoms with Gasteiger partial charge in [-0.1, -0.05) is 6.92 Å². The highest BCUT2D eigenvalue weighted by molar-refractivity contribution is 5.82. The van der Waals surface area contributed by atoms with Gasteiger partial charge in [0.05, 0.1) is 11.4 Å². The fraction of sp³-hybridized carbons (Fsp3) is 0.455. The molecule has 0 amide bonds. The van der Waals surface area contributed by atoms with Crippen LogP contribution in [0.4, 0.5) is 11.8 Å². The fourth-order valence-corrected chi connectivity index (χ4v) is 2.23. The molecule has 0 saturated carbocycles. The second kappa shape index (κ2) is 3.51. The van der Waals surface area contributed by atoms with E-state index in [1.54, 1.807) is 0 Å². The molecule has 4 N–H and O–H groups in total. The molecule has 0 bridgehead atoms. The SMILES string of the molecule is CC1CCc2nc3nc(N)nc(N)c3nc2C1. The molecule has 0 radical (unpaired) electrons. The Morgan fingerprint density at radius 3 is 2.71 bits per heavy atom. The maximum Gasteiger partial charge on any atom is 0.224 e. The molecule has 0 fully saturated rings. The van der Waals surface area contributed by atoms with Crippen LogP contribution in [0.5, 0.6) is 0 Å². The van der Waals surface area contributed by atoms with Gasteiger partial charge in [-0.05, 0) is 25.2 Å². The van der Waals surface area contributed by atoms with Crippen molar-refractivity contribution in [3.8, 4) is 0 Å². The van der Waals surface area contributed by atoms with Gasteiger partial charge in [0, 0.05) is 0 Å². The van der Waals surface area contributed by atoms with Crippen LogP contribution in [0.1, 0.15) is 24.7 Å². The summed E-state index contributed by atoms with van der Waals surface area (Å²) in [6, 6.07) is 0. The van der Waals surface area contributed by atoms with Crippen molar-refractivity contribution in [1.82, 2.24) is 19.9 Å². The third-order valence-electron chi connectivity index (χ3n) is 3.15. The Bertz CT molecular complexity index is 594. The molecule has 2 heterocycles. The molecule has 6 heteroatoms. The molecule has 0 saturated heterocycles. The minimum absolute atomic E-state index is 0.147. The molecular formula is C11H14N6. The van der Waals surface area contributed by atoms with Crippen molar-refractivity contribution in [3.05, 3.63) is 11.4 Å². The number of aromatic nitrogens is 4. The summed E-state index contributed by atoms with van der Waals surface area (Å²) in [7, 11) is 0. The highest BCUT2D eigenvalue weighted by Gasteiger charge is 2.19. The lowest BCUT2D eigenvalue weighted by molar-refractivity contribution is 0.486. The topological polar surface area (TPSA) is 104 Å². The number of nitrogens with two attached hydrogens (primary N) is 2. The van der Waals surface area contributed by atoms with E-state index >= 15 is 0 Å². The van der Waals surface area contributed by atoms with Gasteiger partial charge < -0.3 is 11.5 Å². The number of rotatable bonds is 0. The first-order chi connectivity index (χ1) is 8.13. The van der Waals surface area contributed by atoms with E-state index in [1.807, 2.05) is 0 Å². The van der Waals surface area contributed by atoms with Crippen molar-refractivity contribution in [3.63, 3.8) is 0 Å². The third-order valence-corrected chi connectivity index (χ3v) is 3.15.